The summed E-state index contributed by atoms with van der Waals surface area (Å²) in [7, 11) is 0. The Kier molecular flexibility index (Phi) is 2.96. The summed E-state index contributed by atoms with van der Waals surface area (Å²) >= 11 is 0. The maximum Gasteiger partial charge on any atom is 0.0496 e. The molecule has 2 aliphatic rings. The average Bonchev–Trinajstić information content (AvgIpc) is 2.69. The standard InChI is InChI=1S/C12H17N/c1-2-8-12(9-3-1)13-10-11-6-4-5-7-11/h4-7,10-12H,1-3,8-9H2. The highest BCUT2D eigenvalue weighted by Crippen LogP contribution is 2.20. The average molecular weight is 175 g/mol. The molecule has 0 aliphatic heterocycles. The molecule has 0 aromatic rings. The lowest BCUT2D eigenvalue weighted by molar-refractivity contribution is 0.443. The zero-order chi connectivity index (χ0) is 8.93. The molecule has 1 saturated carbocycles. The fourth-order valence-electron chi connectivity index (χ4n) is 2.00. The molecule has 1 heteroatoms. The number of rotatable bonds is 2. The van der Waals surface area contributed by atoms with E-state index in [0.717, 1.165) is 0 Å². The molecule has 0 amide bonds. The van der Waals surface area contributed by atoms with Crippen molar-refractivity contribution in [1.82, 2.24) is 0 Å². The van der Waals surface area contributed by atoms with Gasteiger partial charge >= 0.3 is 0 Å². The fraction of sp³-hybridized carbons (Fsp3) is 0.583. The van der Waals surface area contributed by atoms with Crippen LogP contribution < -0.4 is 0 Å². The molecule has 0 N–H and O–H groups in total. The molecule has 0 aromatic heterocycles. The van der Waals surface area contributed by atoms with Gasteiger partial charge < -0.3 is 0 Å². The molecule has 0 heterocycles. The summed E-state index contributed by atoms with van der Waals surface area (Å²) < 4.78 is 0. The van der Waals surface area contributed by atoms with E-state index in [-0.39, 0.29) is 0 Å². The summed E-state index contributed by atoms with van der Waals surface area (Å²) in [6, 6.07) is 0.621. The predicted octanol–water partition coefficient (Wildman–Crippen LogP) is 3.13. The molecular formula is C12H17N. The van der Waals surface area contributed by atoms with E-state index in [1.807, 2.05) is 0 Å². The van der Waals surface area contributed by atoms with Crippen LogP contribution in [0.2, 0.25) is 0 Å². The van der Waals surface area contributed by atoms with E-state index in [9.17, 15) is 0 Å². The van der Waals surface area contributed by atoms with E-state index < -0.39 is 0 Å². The van der Waals surface area contributed by atoms with E-state index in [4.69, 9.17) is 0 Å². The summed E-state index contributed by atoms with van der Waals surface area (Å²) in [5.41, 5.74) is 0. The minimum absolute atomic E-state index is 0.474. The zero-order valence-corrected chi connectivity index (χ0v) is 8.02. The van der Waals surface area contributed by atoms with Crippen molar-refractivity contribution in [2.75, 3.05) is 0 Å². The molecule has 0 spiro atoms. The molecule has 2 aliphatic carbocycles. The van der Waals surface area contributed by atoms with Gasteiger partial charge in [-0.25, -0.2) is 0 Å². The first-order chi connectivity index (χ1) is 6.45. The van der Waals surface area contributed by atoms with Crippen molar-refractivity contribution in [3.8, 4) is 0 Å². The molecule has 2 rings (SSSR count). The maximum absolute atomic E-state index is 4.64. The van der Waals surface area contributed by atoms with E-state index in [1.54, 1.807) is 0 Å². The van der Waals surface area contributed by atoms with Crippen molar-refractivity contribution in [3.63, 3.8) is 0 Å². The molecular weight excluding hydrogens is 158 g/mol. The lowest BCUT2D eigenvalue weighted by Crippen LogP contribution is -2.10. The highest BCUT2D eigenvalue weighted by molar-refractivity contribution is 5.67. The van der Waals surface area contributed by atoms with Crippen LogP contribution in [0.1, 0.15) is 32.1 Å². The van der Waals surface area contributed by atoms with Crippen molar-refractivity contribution in [2.45, 2.75) is 38.1 Å². The number of allylic oxidation sites excluding steroid dienone is 4. The normalized spacial score (nSPS) is 24.9. The van der Waals surface area contributed by atoms with Gasteiger partial charge in [0, 0.05) is 18.2 Å². The van der Waals surface area contributed by atoms with Crippen molar-refractivity contribution in [2.24, 2.45) is 10.9 Å². The lowest BCUT2D eigenvalue weighted by atomic mass is 9.96. The van der Waals surface area contributed by atoms with Crippen LogP contribution in [0, 0.1) is 5.92 Å². The van der Waals surface area contributed by atoms with E-state index in [2.05, 4.69) is 35.5 Å². The topological polar surface area (TPSA) is 12.4 Å². The van der Waals surface area contributed by atoms with Gasteiger partial charge in [-0.1, -0.05) is 43.6 Å². The van der Waals surface area contributed by atoms with E-state index >= 15 is 0 Å². The third-order valence-corrected chi connectivity index (χ3v) is 2.82. The van der Waals surface area contributed by atoms with Gasteiger partial charge in [0.1, 0.15) is 0 Å². The first kappa shape index (κ1) is 8.74. The highest BCUT2D eigenvalue weighted by atomic mass is 14.8. The van der Waals surface area contributed by atoms with Crippen LogP contribution in [0.15, 0.2) is 29.3 Å². The maximum atomic E-state index is 4.64. The molecule has 0 unspecified atom stereocenters. The third kappa shape index (κ3) is 2.55. The lowest BCUT2D eigenvalue weighted by Gasteiger charge is -2.17. The molecule has 0 aromatic carbocycles. The number of hydrogen-bond acceptors (Lipinski definition) is 1. The van der Waals surface area contributed by atoms with Crippen molar-refractivity contribution in [1.29, 1.82) is 0 Å². The summed E-state index contributed by atoms with van der Waals surface area (Å²) in [5.74, 6) is 0.474. The summed E-state index contributed by atoms with van der Waals surface area (Å²) in [6.07, 6.45) is 17.4. The fourth-order valence-corrected chi connectivity index (χ4v) is 2.00. The van der Waals surface area contributed by atoms with Crippen LogP contribution >= 0.6 is 0 Å². The van der Waals surface area contributed by atoms with Gasteiger partial charge in [-0.3, -0.25) is 4.99 Å². The van der Waals surface area contributed by atoms with Gasteiger partial charge in [0.25, 0.3) is 0 Å². The molecule has 70 valence electrons. The van der Waals surface area contributed by atoms with E-state index in [1.165, 1.54) is 32.1 Å². The quantitative estimate of drug-likeness (QED) is 0.572. The smallest absolute Gasteiger partial charge is 0.0496 e. The van der Waals surface area contributed by atoms with Crippen molar-refractivity contribution >= 4 is 6.21 Å². The second-order valence-electron chi connectivity index (χ2n) is 3.94. The Labute approximate surface area is 80.3 Å². The molecule has 13 heavy (non-hydrogen) atoms. The van der Waals surface area contributed by atoms with Crippen LogP contribution in [0.3, 0.4) is 0 Å². The Hall–Kier alpha value is -0.850. The Morgan fingerprint density at radius 2 is 1.69 bits per heavy atom. The second kappa shape index (κ2) is 4.40. The van der Waals surface area contributed by atoms with Crippen LogP contribution in [0.4, 0.5) is 0 Å². The van der Waals surface area contributed by atoms with Gasteiger partial charge in [0.2, 0.25) is 0 Å². The van der Waals surface area contributed by atoms with Crippen molar-refractivity contribution < 1.29 is 0 Å². The van der Waals surface area contributed by atoms with Crippen LogP contribution in [-0.2, 0) is 0 Å². The summed E-state index contributed by atoms with van der Waals surface area (Å²) in [4.78, 5) is 4.64. The molecule has 0 radical (unpaired) electrons. The number of aliphatic imine (C=N–C) groups is 1. The molecule has 0 atom stereocenters. The van der Waals surface area contributed by atoms with E-state index in [0.29, 0.717) is 12.0 Å². The van der Waals surface area contributed by atoms with Crippen LogP contribution in [0.5, 0.6) is 0 Å². The van der Waals surface area contributed by atoms with Crippen LogP contribution in [-0.4, -0.2) is 12.3 Å². The monoisotopic (exact) mass is 175 g/mol. The first-order valence-corrected chi connectivity index (χ1v) is 5.33. The number of nitrogens with zero attached hydrogens (tertiary/aromatic N) is 1. The molecule has 1 nitrogen and oxygen atoms in total. The van der Waals surface area contributed by atoms with Crippen LogP contribution in [0.25, 0.3) is 0 Å². The first-order valence-electron chi connectivity index (χ1n) is 5.33. The summed E-state index contributed by atoms with van der Waals surface area (Å²) in [6.45, 7) is 0. The minimum atomic E-state index is 0.474. The minimum Gasteiger partial charge on any atom is -0.293 e. The van der Waals surface area contributed by atoms with Gasteiger partial charge in [-0.05, 0) is 12.8 Å². The van der Waals surface area contributed by atoms with Crippen molar-refractivity contribution in [3.05, 3.63) is 24.3 Å². The largest absolute Gasteiger partial charge is 0.293 e. The van der Waals surface area contributed by atoms with Gasteiger partial charge in [-0.15, -0.1) is 0 Å². The molecule has 0 saturated heterocycles. The second-order valence-corrected chi connectivity index (χ2v) is 3.94. The predicted molar refractivity (Wildman–Crippen MR) is 57.1 cm³/mol. The molecule has 1 fully saturated rings. The summed E-state index contributed by atoms with van der Waals surface area (Å²) in [5, 5.41) is 0. The number of hydrogen-bond donors (Lipinski definition) is 0. The Morgan fingerprint density at radius 3 is 2.38 bits per heavy atom. The van der Waals surface area contributed by atoms with Gasteiger partial charge in [0.05, 0.1) is 0 Å². The Bertz CT molecular complexity index is 220. The SMILES string of the molecule is C1=CC(C=NC2CCCCC2)C=C1. The highest BCUT2D eigenvalue weighted by Gasteiger charge is 2.11. The Balaban J connectivity index is 1.81. The Morgan fingerprint density at radius 1 is 1.00 bits per heavy atom. The zero-order valence-electron chi connectivity index (χ0n) is 8.02. The third-order valence-electron chi connectivity index (χ3n) is 2.82. The van der Waals surface area contributed by atoms with Gasteiger partial charge in [-0.2, -0.15) is 0 Å². The molecule has 0 bridgehead atoms. The van der Waals surface area contributed by atoms with Gasteiger partial charge in [0.15, 0.2) is 0 Å².